The first kappa shape index (κ1) is 16.1. The van der Waals surface area contributed by atoms with Gasteiger partial charge in [0, 0.05) is 18.7 Å². The minimum atomic E-state index is -3.62. The third-order valence-corrected chi connectivity index (χ3v) is 3.74. The van der Waals surface area contributed by atoms with E-state index in [9.17, 15) is 8.42 Å². The number of hydrogen-bond acceptors (Lipinski definition) is 4. The molecule has 0 saturated carbocycles. The van der Waals surface area contributed by atoms with Gasteiger partial charge in [0.05, 0.1) is 11.5 Å². The average molecular weight is 286 g/mol. The minimum Gasteiger partial charge on any atom is -0.380 e. The van der Waals surface area contributed by atoms with Crippen LogP contribution in [0, 0.1) is 0 Å². The molecule has 0 saturated heterocycles. The molecule has 0 aromatic heterocycles. The van der Waals surface area contributed by atoms with Gasteiger partial charge in [-0.25, -0.2) is 13.6 Å². The topological polar surface area (TPSA) is 81.4 Å². The Labute approximate surface area is 115 Å². The zero-order valence-electron chi connectivity index (χ0n) is 11.6. The highest BCUT2D eigenvalue weighted by Crippen LogP contribution is 2.16. The van der Waals surface area contributed by atoms with E-state index in [1.807, 2.05) is 20.8 Å². The Morgan fingerprint density at radius 1 is 1.26 bits per heavy atom. The summed E-state index contributed by atoms with van der Waals surface area (Å²) in [6.45, 7) is 7.38. The van der Waals surface area contributed by atoms with Gasteiger partial charge in [-0.1, -0.05) is 12.1 Å². The molecule has 1 rings (SSSR count). The highest BCUT2D eigenvalue weighted by Gasteiger charge is 2.11. The van der Waals surface area contributed by atoms with Gasteiger partial charge in [0.25, 0.3) is 0 Å². The van der Waals surface area contributed by atoms with Gasteiger partial charge in [-0.05, 0) is 38.5 Å². The number of rotatable bonds is 7. The fraction of sp³-hybridized carbons (Fsp3) is 0.538. The number of nitrogens with two attached hydrogens (primary N) is 1. The van der Waals surface area contributed by atoms with Crippen LogP contribution in [0.25, 0.3) is 0 Å². The smallest absolute Gasteiger partial charge is 0.238 e. The molecule has 0 aliphatic carbocycles. The lowest BCUT2D eigenvalue weighted by atomic mass is 10.1. The van der Waals surface area contributed by atoms with E-state index < -0.39 is 10.0 Å². The van der Waals surface area contributed by atoms with Crippen LogP contribution in [-0.2, 0) is 14.8 Å². The molecule has 0 spiro atoms. The summed E-state index contributed by atoms with van der Waals surface area (Å²) in [6, 6.07) is 6.93. The van der Waals surface area contributed by atoms with Crippen molar-refractivity contribution in [3.63, 3.8) is 0 Å². The minimum absolute atomic E-state index is 0.116. The van der Waals surface area contributed by atoms with Gasteiger partial charge in [0.1, 0.15) is 0 Å². The molecule has 2 unspecified atom stereocenters. The van der Waals surface area contributed by atoms with Gasteiger partial charge >= 0.3 is 0 Å². The zero-order chi connectivity index (χ0) is 14.5. The Morgan fingerprint density at radius 2 is 1.84 bits per heavy atom. The second-order valence-corrected chi connectivity index (χ2v) is 6.12. The fourth-order valence-electron chi connectivity index (χ4n) is 1.81. The number of sulfonamides is 1. The lowest BCUT2D eigenvalue weighted by Crippen LogP contribution is -2.32. The third kappa shape index (κ3) is 5.28. The maximum absolute atomic E-state index is 11.2. The molecule has 19 heavy (non-hydrogen) atoms. The number of nitrogens with one attached hydrogen (secondary N) is 1. The Balaban J connectivity index is 2.65. The lowest BCUT2D eigenvalue weighted by Gasteiger charge is -2.20. The van der Waals surface area contributed by atoms with Crippen LogP contribution in [0.3, 0.4) is 0 Å². The fourth-order valence-corrected chi connectivity index (χ4v) is 2.33. The Morgan fingerprint density at radius 3 is 2.32 bits per heavy atom. The molecule has 0 bridgehead atoms. The van der Waals surface area contributed by atoms with Crippen LogP contribution in [0.5, 0.6) is 0 Å². The molecule has 3 N–H and O–H groups in total. The molecule has 0 aliphatic rings. The first-order valence-electron chi connectivity index (χ1n) is 6.31. The molecule has 1 aromatic rings. The maximum atomic E-state index is 11.2. The highest BCUT2D eigenvalue weighted by atomic mass is 32.2. The Kier molecular flexibility index (Phi) is 5.93. The molecular formula is C13H22N2O3S. The molecule has 0 amide bonds. The van der Waals surface area contributed by atoms with Gasteiger partial charge in [0.2, 0.25) is 10.0 Å². The van der Waals surface area contributed by atoms with Gasteiger partial charge in [0.15, 0.2) is 0 Å². The summed E-state index contributed by atoms with van der Waals surface area (Å²) in [6.07, 6.45) is 0. The zero-order valence-corrected chi connectivity index (χ0v) is 12.4. The summed E-state index contributed by atoms with van der Waals surface area (Å²) in [4.78, 5) is 0.130. The summed E-state index contributed by atoms with van der Waals surface area (Å²) in [5.74, 6) is 0. The van der Waals surface area contributed by atoms with Crippen LogP contribution < -0.4 is 10.5 Å². The summed E-state index contributed by atoms with van der Waals surface area (Å²) in [5, 5.41) is 8.44. The molecule has 6 heteroatoms. The molecule has 108 valence electrons. The SMILES string of the molecule is CCOCC(C)NC(C)c1ccc(S(N)(=O)=O)cc1. The summed E-state index contributed by atoms with van der Waals surface area (Å²) < 4.78 is 27.6. The summed E-state index contributed by atoms with van der Waals surface area (Å²) >= 11 is 0. The second kappa shape index (κ2) is 7.00. The van der Waals surface area contributed by atoms with Crippen LogP contribution in [0.15, 0.2) is 29.2 Å². The van der Waals surface area contributed by atoms with E-state index in [0.29, 0.717) is 13.2 Å². The molecule has 5 nitrogen and oxygen atoms in total. The number of primary sulfonamides is 1. The van der Waals surface area contributed by atoms with Crippen molar-refractivity contribution in [3.8, 4) is 0 Å². The standard InChI is InChI=1S/C13H22N2O3S/c1-4-18-9-10(2)15-11(3)12-5-7-13(8-6-12)19(14,16)17/h5-8,10-11,15H,4,9H2,1-3H3,(H2,14,16,17). The van der Waals surface area contributed by atoms with Crippen molar-refractivity contribution in [1.82, 2.24) is 5.32 Å². The first-order chi connectivity index (χ1) is 8.84. The number of hydrogen-bond donors (Lipinski definition) is 2. The molecule has 1 aromatic carbocycles. The normalized spacial score (nSPS) is 15.2. The molecule has 0 fully saturated rings. The molecule has 0 heterocycles. The summed E-state index contributed by atoms with van der Waals surface area (Å²) in [7, 11) is -3.62. The predicted octanol–water partition coefficient (Wildman–Crippen LogP) is 1.41. The van der Waals surface area contributed by atoms with E-state index in [1.165, 1.54) is 12.1 Å². The van der Waals surface area contributed by atoms with Crippen molar-refractivity contribution < 1.29 is 13.2 Å². The van der Waals surface area contributed by atoms with E-state index in [4.69, 9.17) is 9.88 Å². The van der Waals surface area contributed by atoms with Crippen molar-refractivity contribution in [1.29, 1.82) is 0 Å². The van der Waals surface area contributed by atoms with Crippen LogP contribution in [0.4, 0.5) is 0 Å². The van der Waals surface area contributed by atoms with E-state index in [2.05, 4.69) is 5.32 Å². The van der Waals surface area contributed by atoms with Crippen molar-refractivity contribution in [2.45, 2.75) is 37.8 Å². The van der Waals surface area contributed by atoms with Crippen molar-refractivity contribution >= 4 is 10.0 Å². The van der Waals surface area contributed by atoms with Crippen LogP contribution in [0.1, 0.15) is 32.4 Å². The van der Waals surface area contributed by atoms with E-state index >= 15 is 0 Å². The molecule has 0 aliphatic heterocycles. The lowest BCUT2D eigenvalue weighted by molar-refractivity contribution is 0.124. The Hall–Kier alpha value is -0.950. The predicted molar refractivity (Wildman–Crippen MR) is 75.3 cm³/mol. The molecule has 0 radical (unpaired) electrons. The van der Waals surface area contributed by atoms with E-state index in [0.717, 1.165) is 5.56 Å². The largest absolute Gasteiger partial charge is 0.380 e. The highest BCUT2D eigenvalue weighted by molar-refractivity contribution is 7.89. The molecular weight excluding hydrogens is 264 g/mol. The average Bonchev–Trinajstić information content (AvgIpc) is 2.35. The second-order valence-electron chi connectivity index (χ2n) is 4.56. The van der Waals surface area contributed by atoms with Crippen molar-refractivity contribution in [2.24, 2.45) is 5.14 Å². The van der Waals surface area contributed by atoms with E-state index in [-0.39, 0.29) is 17.0 Å². The van der Waals surface area contributed by atoms with Gasteiger partial charge in [-0.3, -0.25) is 0 Å². The van der Waals surface area contributed by atoms with Crippen molar-refractivity contribution in [2.75, 3.05) is 13.2 Å². The maximum Gasteiger partial charge on any atom is 0.238 e. The quantitative estimate of drug-likeness (QED) is 0.794. The van der Waals surface area contributed by atoms with Crippen LogP contribution in [-0.4, -0.2) is 27.7 Å². The third-order valence-electron chi connectivity index (χ3n) is 2.82. The number of benzene rings is 1. The first-order valence-corrected chi connectivity index (χ1v) is 7.85. The van der Waals surface area contributed by atoms with Crippen LogP contribution in [0.2, 0.25) is 0 Å². The van der Waals surface area contributed by atoms with Crippen molar-refractivity contribution in [3.05, 3.63) is 29.8 Å². The Bertz CT molecular complexity index is 485. The number of ether oxygens (including phenoxy) is 1. The van der Waals surface area contributed by atoms with Gasteiger partial charge < -0.3 is 10.1 Å². The monoisotopic (exact) mass is 286 g/mol. The summed E-state index contributed by atoms with van der Waals surface area (Å²) in [5.41, 5.74) is 1.01. The van der Waals surface area contributed by atoms with Gasteiger partial charge in [-0.15, -0.1) is 0 Å². The van der Waals surface area contributed by atoms with Gasteiger partial charge in [-0.2, -0.15) is 0 Å². The van der Waals surface area contributed by atoms with Crippen LogP contribution >= 0.6 is 0 Å². The molecule has 2 atom stereocenters. The van der Waals surface area contributed by atoms with E-state index in [1.54, 1.807) is 12.1 Å².